The van der Waals surface area contributed by atoms with Gasteiger partial charge >= 0.3 is 5.97 Å². The minimum Gasteiger partial charge on any atom is -0.496 e. The lowest BCUT2D eigenvalue weighted by Crippen LogP contribution is -2.02. The summed E-state index contributed by atoms with van der Waals surface area (Å²) in [5, 5.41) is 5.16. The molecule has 0 aliphatic carbocycles. The fraction of sp³-hybridized carbons (Fsp3) is 0.273. The van der Waals surface area contributed by atoms with Gasteiger partial charge in [0.25, 0.3) is 0 Å². The fourth-order valence-electron chi connectivity index (χ4n) is 3.29. The maximum Gasteiger partial charge on any atom is 0.337 e. The van der Waals surface area contributed by atoms with Crippen molar-refractivity contribution in [3.63, 3.8) is 0 Å². The number of aromatic nitrogens is 1. The zero-order valence-electron chi connectivity index (χ0n) is 16.3. The van der Waals surface area contributed by atoms with E-state index in [1.165, 1.54) is 7.11 Å². The number of ether oxygens (including phenoxy) is 2. The molecule has 0 unspecified atom stereocenters. The van der Waals surface area contributed by atoms with E-state index in [0.717, 1.165) is 39.0 Å². The lowest BCUT2D eigenvalue weighted by atomic mass is 9.96. The number of benzene rings is 2. The molecule has 0 saturated heterocycles. The number of methoxy groups -OCH3 is 2. The largest absolute Gasteiger partial charge is 0.496 e. The van der Waals surface area contributed by atoms with Gasteiger partial charge in [-0.1, -0.05) is 19.9 Å². The normalized spacial score (nSPS) is 10.9. The SMILES string of the molecule is CNc1cc(-c2cc3cc(C(=O)OC)ccc3cn2)cc(OC)c1C(C)C. The van der Waals surface area contributed by atoms with E-state index >= 15 is 0 Å². The van der Waals surface area contributed by atoms with E-state index in [1.54, 1.807) is 13.2 Å². The number of pyridine rings is 1. The zero-order chi connectivity index (χ0) is 19.6. The third kappa shape index (κ3) is 3.58. The number of carbonyl (C=O) groups excluding carboxylic acids is 1. The summed E-state index contributed by atoms with van der Waals surface area (Å²) in [5.74, 6) is 0.802. The highest BCUT2D eigenvalue weighted by Crippen LogP contribution is 2.38. The quantitative estimate of drug-likeness (QED) is 0.655. The molecule has 0 atom stereocenters. The number of carbonyl (C=O) groups is 1. The molecule has 0 radical (unpaired) electrons. The molecule has 0 bridgehead atoms. The number of nitrogens with one attached hydrogen (secondary N) is 1. The van der Waals surface area contributed by atoms with Crippen LogP contribution in [-0.4, -0.2) is 32.2 Å². The minimum absolute atomic E-state index is 0.323. The van der Waals surface area contributed by atoms with Crippen LogP contribution in [0, 0.1) is 0 Å². The number of hydrogen-bond acceptors (Lipinski definition) is 5. The van der Waals surface area contributed by atoms with Crippen molar-refractivity contribution in [1.29, 1.82) is 0 Å². The molecule has 1 N–H and O–H groups in total. The maximum absolute atomic E-state index is 11.8. The molecular weight excluding hydrogens is 340 g/mol. The lowest BCUT2D eigenvalue weighted by Gasteiger charge is -2.18. The van der Waals surface area contributed by atoms with Gasteiger partial charge in [0.2, 0.25) is 0 Å². The molecule has 1 aromatic heterocycles. The fourth-order valence-corrected chi connectivity index (χ4v) is 3.29. The Bertz CT molecular complexity index is 971. The van der Waals surface area contributed by atoms with Crippen molar-refractivity contribution in [2.75, 3.05) is 26.6 Å². The highest BCUT2D eigenvalue weighted by atomic mass is 16.5. The van der Waals surface area contributed by atoms with Gasteiger partial charge in [0.15, 0.2) is 0 Å². The maximum atomic E-state index is 11.8. The molecule has 0 spiro atoms. The predicted molar refractivity (Wildman–Crippen MR) is 109 cm³/mol. The minimum atomic E-state index is -0.351. The van der Waals surface area contributed by atoms with Gasteiger partial charge in [-0.05, 0) is 41.6 Å². The monoisotopic (exact) mass is 364 g/mol. The van der Waals surface area contributed by atoms with E-state index in [2.05, 4.69) is 30.2 Å². The molecule has 0 fully saturated rings. The van der Waals surface area contributed by atoms with Gasteiger partial charge < -0.3 is 14.8 Å². The van der Waals surface area contributed by atoms with Gasteiger partial charge in [0.1, 0.15) is 5.75 Å². The Balaban J connectivity index is 2.15. The Morgan fingerprint density at radius 3 is 2.48 bits per heavy atom. The van der Waals surface area contributed by atoms with Crippen molar-refractivity contribution in [3.8, 4) is 17.0 Å². The Labute approximate surface area is 159 Å². The Morgan fingerprint density at radius 2 is 1.85 bits per heavy atom. The summed E-state index contributed by atoms with van der Waals surface area (Å²) in [4.78, 5) is 16.4. The molecule has 0 aliphatic rings. The van der Waals surface area contributed by atoms with E-state index in [1.807, 2.05) is 37.5 Å². The molecule has 140 valence electrons. The Morgan fingerprint density at radius 1 is 1.07 bits per heavy atom. The first-order valence-corrected chi connectivity index (χ1v) is 8.86. The topological polar surface area (TPSA) is 60.5 Å². The van der Waals surface area contributed by atoms with Crippen molar-refractivity contribution < 1.29 is 14.3 Å². The zero-order valence-corrected chi connectivity index (χ0v) is 16.3. The Hall–Kier alpha value is -3.08. The first kappa shape index (κ1) is 18.7. The van der Waals surface area contributed by atoms with Crippen molar-refractivity contribution in [1.82, 2.24) is 4.98 Å². The van der Waals surface area contributed by atoms with Gasteiger partial charge in [-0.2, -0.15) is 0 Å². The molecule has 5 heteroatoms. The van der Waals surface area contributed by atoms with E-state index in [9.17, 15) is 4.79 Å². The number of rotatable bonds is 5. The second-order valence-electron chi connectivity index (χ2n) is 6.67. The summed E-state index contributed by atoms with van der Waals surface area (Å²) in [6.07, 6.45) is 1.81. The number of anilines is 1. The predicted octanol–water partition coefficient (Wildman–Crippen LogP) is 4.86. The molecule has 5 nitrogen and oxygen atoms in total. The number of esters is 1. The van der Waals surface area contributed by atoms with Crippen LogP contribution in [0.1, 0.15) is 35.7 Å². The number of hydrogen-bond donors (Lipinski definition) is 1. The highest BCUT2D eigenvalue weighted by Gasteiger charge is 2.16. The average molecular weight is 364 g/mol. The van der Waals surface area contributed by atoms with E-state index < -0.39 is 0 Å². The van der Waals surface area contributed by atoms with Gasteiger partial charge in [0, 0.05) is 35.4 Å². The van der Waals surface area contributed by atoms with Gasteiger partial charge in [-0.25, -0.2) is 4.79 Å². The van der Waals surface area contributed by atoms with Crippen LogP contribution < -0.4 is 10.1 Å². The van der Waals surface area contributed by atoms with E-state index in [-0.39, 0.29) is 5.97 Å². The van der Waals surface area contributed by atoms with Crippen LogP contribution in [0.4, 0.5) is 5.69 Å². The third-order valence-electron chi connectivity index (χ3n) is 4.65. The average Bonchev–Trinajstić information content (AvgIpc) is 2.70. The summed E-state index contributed by atoms with van der Waals surface area (Å²) in [6.45, 7) is 4.28. The second-order valence-corrected chi connectivity index (χ2v) is 6.67. The number of nitrogens with zero attached hydrogens (tertiary/aromatic N) is 1. The molecule has 0 aliphatic heterocycles. The van der Waals surface area contributed by atoms with Gasteiger partial charge in [-0.3, -0.25) is 4.98 Å². The Kier molecular flexibility index (Phi) is 5.31. The van der Waals surface area contributed by atoms with Crippen LogP contribution in [0.3, 0.4) is 0 Å². The molecule has 0 saturated carbocycles. The van der Waals surface area contributed by atoms with Crippen molar-refractivity contribution in [2.45, 2.75) is 19.8 Å². The smallest absolute Gasteiger partial charge is 0.337 e. The first-order valence-electron chi connectivity index (χ1n) is 8.86. The second kappa shape index (κ2) is 7.66. The number of fused-ring (bicyclic) bond motifs is 1. The third-order valence-corrected chi connectivity index (χ3v) is 4.65. The summed E-state index contributed by atoms with van der Waals surface area (Å²) in [5.41, 5.74) is 4.44. The van der Waals surface area contributed by atoms with Crippen LogP contribution in [-0.2, 0) is 4.74 Å². The molecular formula is C22H24N2O3. The first-order chi connectivity index (χ1) is 13.0. The van der Waals surface area contributed by atoms with Crippen LogP contribution in [0.2, 0.25) is 0 Å². The summed E-state index contributed by atoms with van der Waals surface area (Å²) in [6, 6.07) is 11.5. The standard InChI is InChI=1S/C22H24N2O3/c1-13(2)21-19(23-3)10-17(11-20(21)26-4)18-9-16-8-14(22(25)27-5)6-7-15(16)12-24-18/h6-13,23H,1-5H3. The van der Waals surface area contributed by atoms with E-state index in [4.69, 9.17) is 9.47 Å². The van der Waals surface area contributed by atoms with Crippen LogP contribution in [0.15, 0.2) is 42.6 Å². The van der Waals surface area contributed by atoms with Crippen molar-refractivity contribution in [3.05, 3.63) is 53.7 Å². The van der Waals surface area contributed by atoms with Crippen LogP contribution >= 0.6 is 0 Å². The summed E-state index contributed by atoms with van der Waals surface area (Å²) in [7, 11) is 4.97. The lowest BCUT2D eigenvalue weighted by molar-refractivity contribution is 0.0601. The van der Waals surface area contributed by atoms with E-state index in [0.29, 0.717) is 11.5 Å². The molecule has 2 aromatic carbocycles. The van der Waals surface area contributed by atoms with Crippen LogP contribution in [0.25, 0.3) is 22.0 Å². The van der Waals surface area contributed by atoms with Crippen LogP contribution in [0.5, 0.6) is 5.75 Å². The summed E-state index contributed by atoms with van der Waals surface area (Å²) >= 11 is 0. The molecule has 3 aromatic rings. The molecule has 1 heterocycles. The van der Waals surface area contributed by atoms with Crippen molar-refractivity contribution in [2.24, 2.45) is 0 Å². The molecule has 3 rings (SSSR count). The summed E-state index contributed by atoms with van der Waals surface area (Å²) < 4.78 is 10.5. The molecule has 27 heavy (non-hydrogen) atoms. The van der Waals surface area contributed by atoms with Crippen molar-refractivity contribution >= 4 is 22.4 Å². The molecule has 0 amide bonds. The highest BCUT2D eigenvalue weighted by molar-refractivity contribution is 5.96. The van der Waals surface area contributed by atoms with Gasteiger partial charge in [0.05, 0.1) is 25.5 Å². The van der Waals surface area contributed by atoms with Gasteiger partial charge in [-0.15, -0.1) is 0 Å².